The van der Waals surface area contributed by atoms with Gasteiger partial charge in [0.05, 0.1) is 20.1 Å². The largest absolute Gasteiger partial charge is 0.494 e. The van der Waals surface area contributed by atoms with E-state index in [-0.39, 0.29) is 5.91 Å². The normalized spacial score (nSPS) is 10.3. The summed E-state index contributed by atoms with van der Waals surface area (Å²) in [6.07, 6.45) is 0.321. The Morgan fingerprint density at radius 2 is 1.57 bits per heavy atom. The Hall–Kier alpha value is -3.47. The molecule has 3 rings (SSSR count). The van der Waals surface area contributed by atoms with Gasteiger partial charge in [-0.05, 0) is 47.9 Å². The fourth-order valence-corrected chi connectivity index (χ4v) is 3.00. The van der Waals surface area contributed by atoms with Gasteiger partial charge in [-0.15, -0.1) is 0 Å². The number of amides is 1. The van der Waals surface area contributed by atoms with Crippen molar-refractivity contribution >= 4 is 5.91 Å². The number of ether oxygens (including phenoxy) is 3. The molecular weight excluding hydrogens is 378 g/mol. The van der Waals surface area contributed by atoms with Crippen LogP contribution in [0.2, 0.25) is 0 Å². The lowest BCUT2D eigenvalue weighted by atomic mass is 10.1. The van der Waals surface area contributed by atoms with Crippen molar-refractivity contribution in [1.29, 1.82) is 0 Å². The summed E-state index contributed by atoms with van der Waals surface area (Å²) in [5.41, 5.74) is 2.97. The first-order valence-electron chi connectivity index (χ1n) is 10.00. The van der Waals surface area contributed by atoms with Crippen LogP contribution in [0.1, 0.15) is 23.6 Å². The van der Waals surface area contributed by atoms with E-state index in [0.29, 0.717) is 37.7 Å². The average Bonchev–Trinajstić information content (AvgIpc) is 2.78. The molecule has 0 saturated carbocycles. The van der Waals surface area contributed by atoms with Crippen molar-refractivity contribution in [1.82, 2.24) is 5.32 Å². The lowest BCUT2D eigenvalue weighted by Crippen LogP contribution is -2.24. The Bertz CT molecular complexity index is 939. The Morgan fingerprint density at radius 3 is 2.27 bits per heavy atom. The van der Waals surface area contributed by atoms with Crippen LogP contribution < -0.4 is 19.5 Å². The van der Waals surface area contributed by atoms with Gasteiger partial charge in [-0.3, -0.25) is 4.79 Å². The minimum atomic E-state index is -0.0393. The molecule has 0 heterocycles. The molecule has 1 amide bonds. The maximum Gasteiger partial charge on any atom is 0.224 e. The second-order valence-corrected chi connectivity index (χ2v) is 6.79. The lowest BCUT2D eigenvalue weighted by molar-refractivity contribution is -0.120. The van der Waals surface area contributed by atoms with Gasteiger partial charge in [-0.25, -0.2) is 0 Å². The molecule has 3 aromatic rings. The number of hydrogen-bond acceptors (Lipinski definition) is 4. The van der Waals surface area contributed by atoms with Crippen LogP contribution >= 0.6 is 0 Å². The molecule has 0 fully saturated rings. The molecular formula is C25H27NO4. The van der Waals surface area contributed by atoms with Crippen molar-refractivity contribution in [3.63, 3.8) is 0 Å². The molecule has 30 heavy (non-hydrogen) atoms. The van der Waals surface area contributed by atoms with E-state index < -0.39 is 0 Å². The first-order valence-corrected chi connectivity index (χ1v) is 10.00. The van der Waals surface area contributed by atoms with Crippen molar-refractivity contribution in [3.05, 3.63) is 89.5 Å². The van der Waals surface area contributed by atoms with Crippen LogP contribution in [0.25, 0.3) is 0 Å². The maximum absolute atomic E-state index is 12.3. The molecule has 0 atom stereocenters. The van der Waals surface area contributed by atoms with Crippen LogP contribution in [-0.4, -0.2) is 19.6 Å². The third kappa shape index (κ3) is 6.27. The van der Waals surface area contributed by atoms with Gasteiger partial charge in [0, 0.05) is 6.54 Å². The molecule has 5 nitrogen and oxygen atoms in total. The van der Waals surface area contributed by atoms with Crippen LogP contribution in [0.3, 0.4) is 0 Å². The fourth-order valence-electron chi connectivity index (χ4n) is 3.00. The summed E-state index contributed by atoms with van der Waals surface area (Å²) in [7, 11) is 1.61. The van der Waals surface area contributed by atoms with E-state index in [9.17, 15) is 4.79 Å². The van der Waals surface area contributed by atoms with E-state index in [4.69, 9.17) is 14.2 Å². The molecule has 1 N–H and O–H groups in total. The van der Waals surface area contributed by atoms with Crippen LogP contribution in [0.4, 0.5) is 0 Å². The molecule has 0 aliphatic rings. The Balaban J connectivity index is 1.52. The minimum Gasteiger partial charge on any atom is -0.494 e. The lowest BCUT2D eigenvalue weighted by Gasteiger charge is -2.13. The Kier molecular flexibility index (Phi) is 7.72. The monoisotopic (exact) mass is 405 g/mol. The van der Waals surface area contributed by atoms with Gasteiger partial charge >= 0.3 is 0 Å². The topological polar surface area (TPSA) is 56.8 Å². The SMILES string of the molecule is CCOc1ccc(CC(=O)NCc2ccc(OCc3ccccc3)c(OC)c2)cc1. The zero-order valence-electron chi connectivity index (χ0n) is 17.4. The predicted octanol–water partition coefficient (Wildman–Crippen LogP) is 4.53. The predicted molar refractivity (Wildman–Crippen MR) is 117 cm³/mol. The smallest absolute Gasteiger partial charge is 0.224 e. The Morgan fingerprint density at radius 1 is 0.833 bits per heavy atom. The summed E-state index contributed by atoms with van der Waals surface area (Å²) in [5.74, 6) is 2.08. The highest BCUT2D eigenvalue weighted by Crippen LogP contribution is 2.28. The van der Waals surface area contributed by atoms with Crippen LogP contribution in [0.15, 0.2) is 72.8 Å². The number of methoxy groups -OCH3 is 1. The van der Waals surface area contributed by atoms with Gasteiger partial charge in [0.15, 0.2) is 11.5 Å². The molecule has 0 saturated heterocycles. The number of rotatable bonds is 10. The van der Waals surface area contributed by atoms with Gasteiger partial charge < -0.3 is 19.5 Å². The highest BCUT2D eigenvalue weighted by Gasteiger charge is 2.08. The summed E-state index contributed by atoms with van der Waals surface area (Å²) in [5, 5.41) is 2.95. The molecule has 156 valence electrons. The van der Waals surface area contributed by atoms with Gasteiger partial charge in [-0.2, -0.15) is 0 Å². The average molecular weight is 405 g/mol. The number of hydrogen-bond donors (Lipinski definition) is 1. The molecule has 0 aliphatic carbocycles. The molecule has 0 aliphatic heterocycles. The zero-order chi connectivity index (χ0) is 21.2. The van der Waals surface area contributed by atoms with Crippen molar-refractivity contribution in [2.45, 2.75) is 26.5 Å². The van der Waals surface area contributed by atoms with E-state index in [0.717, 1.165) is 22.4 Å². The van der Waals surface area contributed by atoms with Gasteiger partial charge in [0.25, 0.3) is 0 Å². The van der Waals surface area contributed by atoms with Crippen molar-refractivity contribution < 1.29 is 19.0 Å². The Labute approximate surface area is 177 Å². The van der Waals surface area contributed by atoms with Crippen LogP contribution in [0, 0.1) is 0 Å². The number of carbonyl (C=O) groups excluding carboxylic acids is 1. The first kappa shape index (κ1) is 21.2. The molecule has 3 aromatic carbocycles. The highest BCUT2D eigenvalue weighted by atomic mass is 16.5. The molecule has 0 aromatic heterocycles. The van der Waals surface area contributed by atoms with E-state index >= 15 is 0 Å². The van der Waals surface area contributed by atoms with Crippen LogP contribution in [-0.2, 0) is 24.4 Å². The zero-order valence-corrected chi connectivity index (χ0v) is 17.4. The summed E-state index contributed by atoms with van der Waals surface area (Å²) < 4.78 is 16.8. The first-order chi connectivity index (χ1) is 14.7. The number of nitrogens with one attached hydrogen (secondary N) is 1. The maximum atomic E-state index is 12.3. The van der Waals surface area contributed by atoms with Crippen molar-refractivity contribution in [2.75, 3.05) is 13.7 Å². The third-order valence-corrected chi connectivity index (χ3v) is 4.55. The minimum absolute atomic E-state index is 0.0393. The molecule has 5 heteroatoms. The quantitative estimate of drug-likeness (QED) is 0.538. The standard InChI is InChI=1S/C25H27NO4/c1-3-29-22-12-9-19(10-13-22)16-25(27)26-17-21-11-14-23(24(15-21)28-2)30-18-20-7-5-4-6-8-20/h4-15H,3,16-18H2,1-2H3,(H,26,27). The molecule has 0 radical (unpaired) electrons. The summed E-state index contributed by atoms with van der Waals surface area (Å²) in [6, 6.07) is 23.2. The van der Waals surface area contributed by atoms with E-state index in [1.54, 1.807) is 7.11 Å². The van der Waals surface area contributed by atoms with Gasteiger partial charge in [-0.1, -0.05) is 48.5 Å². The summed E-state index contributed by atoms with van der Waals surface area (Å²) >= 11 is 0. The molecule has 0 unspecified atom stereocenters. The van der Waals surface area contributed by atoms with Gasteiger partial charge in [0.1, 0.15) is 12.4 Å². The van der Waals surface area contributed by atoms with Crippen molar-refractivity contribution in [3.8, 4) is 17.2 Å². The van der Waals surface area contributed by atoms with Gasteiger partial charge in [0.2, 0.25) is 5.91 Å². The highest BCUT2D eigenvalue weighted by molar-refractivity contribution is 5.78. The van der Waals surface area contributed by atoms with E-state index in [2.05, 4.69) is 5.32 Å². The molecule has 0 spiro atoms. The van der Waals surface area contributed by atoms with Crippen molar-refractivity contribution in [2.24, 2.45) is 0 Å². The summed E-state index contributed by atoms with van der Waals surface area (Å²) in [4.78, 5) is 12.3. The van der Waals surface area contributed by atoms with E-state index in [1.807, 2.05) is 79.7 Å². The second-order valence-electron chi connectivity index (χ2n) is 6.79. The van der Waals surface area contributed by atoms with E-state index in [1.165, 1.54) is 0 Å². The number of carbonyl (C=O) groups is 1. The summed E-state index contributed by atoms with van der Waals surface area (Å²) in [6.45, 7) is 3.46. The third-order valence-electron chi connectivity index (χ3n) is 4.55. The fraction of sp³-hybridized carbons (Fsp3) is 0.240. The van der Waals surface area contributed by atoms with Crippen LogP contribution in [0.5, 0.6) is 17.2 Å². The molecule has 0 bridgehead atoms. The number of benzene rings is 3. The second kappa shape index (κ2) is 10.9.